The summed E-state index contributed by atoms with van der Waals surface area (Å²) in [5, 5.41) is 20.3. The average molecular weight is 916 g/mol. The molecule has 6 rings (SSSR count). The van der Waals surface area contributed by atoms with Crippen molar-refractivity contribution in [2.45, 2.75) is 129 Å². The summed E-state index contributed by atoms with van der Waals surface area (Å²) in [6.45, 7) is 12.3. The number of rotatable bonds is 12. The van der Waals surface area contributed by atoms with E-state index in [1.807, 2.05) is 45.0 Å². The van der Waals surface area contributed by atoms with Crippen LogP contribution in [0.15, 0.2) is 72.8 Å². The fourth-order valence-corrected chi connectivity index (χ4v) is 9.32. The molecule has 0 bridgehead atoms. The molecule has 0 aliphatic carbocycles. The van der Waals surface area contributed by atoms with Gasteiger partial charge in [0.2, 0.25) is 23.6 Å². The van der Waals surface area contributed by atoms with E-state index >= 15 is 0 Å². The maximum atomic E-state index is 14.3. The lowest BCUT2D eigenvalue weighted by molar-refractivity contribution is -0.140. The molecule has 5 N–H and O–H groups in total. The SMILES string of the molecule is COC(=O)N[C@H](C(=O)N1CCC[C@H]1C(=O)Nc1ccc([C@@H]2CC[C@@H](c3ccc(NC(=O)[C@@H]4CCCN4C(=O)[C@@H](NC(=O)O)C(C)(C)C)cc3)N2c2ccc(C(C)(F)F)cc2)cc1)C(C)(C)C. The number of ether oxygens (including phenoxy) is 1. The number of hydrogen-bond donors (Lipinski definition) is 5. The van der Waals surface area contributed by atoms with E-state index < -0.39 is 59.0 Å². The molecule has 17 heteroatoms. The quantitative estimate of drug-likeness (QED) is 0.119. The zero-order valence-electron chi connectivity index (χ0n) is 39.0. The average Bonchev–Trinajstić information content (AvgIpc) is 4.05. The van der Waals surface area contributed by atoms with Crippen molar-refractivity contribution in [2.75, 3.05) is 35.7 Å². The standard InChI is InChI=1S/C49H63F2N7O8/c1-47(2,3)39(54-45(63)64)43(61)56-27-9-11-37(56)41(59)52-32-19-13-29(14-20-32)35-25-26-36(58(35)34-23-17-31(18-24-34)49(7,50)51)30-15-21-33(22-16-30)53-42(60)38-12-10-28-57(38)44(62)40(48(4,5)6)55-46(65)66-8/h13-24,35-40,54H,9-12,25-28H2,1-8H3,(H,52,59)(H,53,60)(H,55,65)(H,63,64)/t35-,36-,37-,38-,39+,40+/m0/s1. The highest BCUT2D eigenvalue weighted by atomic mass is 19.3. The Kier molecular flexibility index (Phi) is 14.7. The Hall–Kier alpha value is -6.26. The Labute approximate surface area is 385 Å². The molecule has 356 valence electrons. The predicted octanol–water partition coefficient (Wildman–Crippen LogP) is 8.19. The Balaban J connectivity index is 1.18. The molecule has 0 aromatic heterocycles. The van der Waals surface area contributed by atoms with Crippen LogP contribution in [0.1, 0.15) is 116 Å². The molecule has 3 aliphatic rings. The normalized spacial score (nSPS) is 20.9. The fourth-order valence-electron chi connectivity index (χ4n) is 9.32. The largest absolute Gasteiger partial charge is 0.465 e. The molecule has 0 unspecified atom stereocenters. The van der Waals surface area contributed by atoms with Gasteiger partial charge in [-0.2, -0.15) is 0 Å². The smallest absolute Gasteiger partial charge is 0.407 e. The van der Waals surface area contributed by atoms with E-state index in [1.165, 1.54) is 29.0 Å². The summed E-state index contributed by atoms with van der Waals surface area (Å²) >= 11 is 0. The fraction of sp³-hybridized carbons (Fsp3) is 0.510. The van der Waals surface area contributed by atoms with Crippen molar-refractivity contribution in [3.8, 4) is 0 Å². The number of amides is 6. The third-order valence-corrected chi connectivity index (χ3v) is 12.8. The Morgan fingerprint density at radius 2 is 1.03 bits per heavy atom. The van der Waals surface area contributed by atoms with Crippen molar-refractivity contribution in [3.63, 3.8) is 0 Å². The first-order valence-corrected chi connectivity index (χ1v) is 22.5. The van der Waals surface area contributed by atoms with Crippen LogP contribution in [-0.2, 0) is 29.8 Å². The summed E-state index contributed by atoms with van der Waals surface area (Å²) in [4.78, 5) is 83.5. The van der Waals surface area contributed by atoms with Crippen LogP contribution in [0.3, 0.4) is 0 Å². The second-order valence-electron chi connectivity index (χ2n) is 19.7. The Morgan fingerprint density at radius 3 is 1.39 bits per heavy atom. The number of carbonyl (C=O) groups excluding carboxylic acids is 5. The van der Waals surface area contributed by atoms with Crippen LogP contribution in [0.25, 0.3) is 0 Å². The van der Waals surface area contributed by atoms with E-state index in [2.05, 4.69) is 26.2 Å². The van der Waals surface area contributed by atoms with Crippen molar-refractivity contribution in [3.05, 3.63) is 89.5 Å². The molecule has 0 radical (unpaired) electrons. The molecule has 3 aliphatic heterocycles. The lowest BCUT2D eigenvalue weighted by Gasteiger charge is -2.35. The molecular weight excluding hydrogens is 853 g/mol. The van der Waals surface area contributed by atoms with Gasteiger partial charge in [0.15, 0.2) is 0 Å². The summed E-state index contributed by atoms with van der Waals surface area (Å²) < 4.78 is 33.4. The highest BCUT2D eigenvalue weighted by Crippen LogP contribution is 2.47. The van der Waals surface area contributed by atoms with Crippen LogP contribution in [0.2, 0.25) is 0 Å². The summed E-state index contributed by atoms with van der Waals surface area (Å²) in [6.07, 6.45) is 1.49. The summed E-state index contributed by atoms with van der Waals surface area (Å²) in [5.41, 5.74) is 2.18. The summed E-state index contributed by atoms with van der Waals surface area (Å²) in [5.74, 6) is -4.55. The Morgan fingerprint density at radius 1 is 0.621 bits per heavy atom. The van der Waals surface area contributed by atoms with Gasteiger partial charge < -0.3 is 45.8 Å². The number of nitrogens with zero attached hydrogens (tertiary/aromatic N) is 3. The van der Waals surface area contributed by atoms with E-state index in [-0.39, 0.29) is 35.4 Å². The van der Waals surface area contributed by atoms with Crippen LogP contribution in [0.4, 0.5) is 35.4 Å². The molecule has 3 fully saturated rings. The number of halogens is 2. The molecular formula is C49H63F2N7O8. The molecule has 3 aromatic carbocycles. The molecule has 3 aromatic rings. The first-order chi connectivity index (χ1) is 31.0. The lowest BCUT2D eigenvalue weighted by Crippen LogP contribution is -2.57. The first kappa shape index (κ1) is 49.2. The van der Waals surface area contributed by atoms with Gasteiger partial charge in [-0.25, -0.2) is 18.4 Å². The van der Waals surface area contributed by atoms with Gasteiger partial charge >= 0.3 is 12.2 Å². The number of carboxylic acid groups (broad SMARTS) is 1. The van der Waals surface area contributed by atoms with E-state index in [0.29, 0.717) is 63.0 Å². The van der Waals surface area contributed by atoms with Crippen molar-refractivity contribution in [2.24, 2.45) is 10.8 Å². The molecule has 15 nitrogen and oxygen atoms in total. The van der Waals surface area contributed by atoms with Crippen molar-refractivity contribution in [1.82, 2.24) is 20.4 Å². The number of alkyl carbamates (subject to hydrolysis) is 1. The third kappa shape index (κ3) is 11.2. The summed E-state index contributed by atoms with van der Waals surface area (Å²) in [7, 11) is 1.23. The molecule has 0 saturated carbocycles. The van der Waals surface area contributed by atoms with E-state index in [0.717, 1.165) is 23.7 Å². The number of nitrogens with one attached hydrogen (secondary N) is 4. The first-order valence-electron chi connectivity index (χ1n) is 22.5. The van der Waals surface area contributed by atoms with Gasteiger partial charge in [-0.15, -0.1) is 0 Å². The maximum Gasteiger partial charge on any atom is 0.407 e. The highest BCUT2D eigenvalue weighted by Gasteiger charge is 2.44. The second kappa shape index (κ2) is 19.7. The van der Waals surface area contributed by atoms with Gasteiger partial charge in [0.05, 0.1) is 19.2 Å². The van der Waals surface area contributed by atoms with Crippen LogP contribution in [0, 0.1) is 10.8 Å². The number of benzene rings is 3. The number of alkyl halides is 2. The van der Waals surface area contributed by atoms with E-state index in [9.17, 15) is 42.7 Å². The predicted molar refractivity (Wildman–Crippen MR) is 246 cm³/mol. The molecule has 0 spiro atoms. The van der Waals surface area contributed by atoms with Gasteiger partial charge in [-0.05, 0) is 96.9 Å². The molecule has 6 atom stereocenters. The van der Waals surface area contributed by atoms with Crippen LogP contribution >= 0.6 is 0 Å². The van der Waals surface area contributed by atoms with Gasteiger partial charge in [0, 0.05) is 42.6 Å². The Bertz CT molecular complexity index is 2260. The zero-order chi connectivity index (χ0) is 48.3. The lowest BCUT2D eigenvalue weighted by atomic mass is 9.85. The van der Waals surface area contributed by atoms with E-state index in [1.54, 1.807) is 57.2 Å². The van der Waals surface area contributed by atoms with Crippen molar-refractivity contribution in [1.29, 1.82) is 0 Å². The highest BCUT2D eigenvalue weighted by molar-refractivity contribution is 6.00. The van der Waals surface area contributed by atoms with Crippen LogP contribution < -0.4 is 26.2 Å². The molecule has 66 heavy (non-hydrogen) atoms. The number of likely N-dealkylation sites (tertiary alicyclic amines) is 2. The van der Waals surface area contributed by atoms with Gasteiger partial charge in [-0.1, -0.05) is 77.9 Å². The van der Waals surface area contributed by atoms with E-state index in [4.69, 9.17) is 4.74 Å². The number of carbonyl (C=O) groups is 6. The number of methoxy groups -OCH3 is 1. The second-order valence-corrected chi connectivity index (χ2v) is 19.7. The number of hydrogen-bond acceptors (Lipinski definition) is 8. The van der Waals surface area contributed by atoms with Gasteiger partial charge in [0.1, 0.15) is 24.2 Å². The maximum absolute atomic E-state index is 14.3. The van der Waals surface area contributed by atoms with Gasteiger partial charge in [0.25, 0.3) is 5.92 Å². The molecule has 3 heterocycles. The monoisotopic (exact) mass is 915 g/mol. The van der Waals surface area contributed by atoms with Crippen LogP contribution in [-0.4, -0.2) is 95.1 Å². The van der Waals surface area contributed by atoms with Crippen molar-refractivity contribution < 1.29 is 47.4 Å². The summed E-state index contributed by atoms with van der Waals surface area (Å²) in [6, 6.07) is 17.3. The minimum atomic E-state index is -3.02. The minimum absolute atomic E-state index is 0.107. The molecule has 6 amide bonds. The van der Waals surface area contributed by atoms with Gasteiger partial charge in [-0.3, -0.25) is 19.2 Å². The molecule has 3 saturated heterocycles. The van der Waals surface area contributed by atoms with Crippen molar-refractivity contribution >= 4 is 52.9 Å². The van der Waals surface area contributed by atoms with Crippen LogP contribution in [0.5, 0.6) is 0 Å². The minimum Gasteiger partial charge on any atom is -0.465 e. The zero-order valence-corrected chi connectivity index (χ0v) is 39.0. The third-order valence-electron chi connectivity index (χ3n) is 12.8. The topological polar surface area (TPSA) is 190 Å². The number of anilines is 3.